The second kappa shape index (κ2) is 4.81. The summed E-state index contributed by atoms with van der Waals surface area (Å²) in [5, 5.41) is 7.66. The van der Waals surface area contributed by atoms with E-state index < -0.39 is 29.2 Å². The normalized spacial score (nSPS) is 11.8. The minimum absolute atomic E-state index is 0.161. The van der Waals surface area contributed by atoms with Gasteiger partial charge in [-0.25, -0.2) is 0 Å². The van der Waals surface area contributed by atoms with Crippen molar-refractivity contribution in [2.24, 2.45) is 5.92 Å². The van der Waals surface area contributed by atoms with Crippen molar-refractivity contribution in [2.45, 2.75) is 13.3 Å². The molecule has 0 aromatic rings. The summed E-state index contributed by atoms with van der Waals surface area (Å²) in [5.74, 6) is -2.98. The maximum Gasteiger partial charge on any atom is 0.304 e. The Morgan fingerprint density at radius 1 is 1.46 bits per heavy atom. The number of hydrogen-bond donors (Lipinski definition) is 2. The SMILES string of the molecule is C=C(C)C(=O)C(CC(=O)O)C(=O)S. The zero-order valence-electron chi connectivity index (χ0n) is 7.11. The van der Waals surface area contributed by atoms with Crippen LogP contribution in [0.4, 0.5) is 0 Å². The van der Waals surface area contributed by atoms with Crippen LogP contribution in [0.1, 0.15) is 13.3 Å². The first kappa shape index (κ1) is 11.9. The maximum absolute atomic E-state index is 11.2. The van der Waals surface area contributed by atoms with Gasteiger partial charge in [0.15, 0.2) is 10.9 Å². The van der Waals surface area contributed by atoms with Gasteiger partial charge in [-0.1, -0.05) is 6.58 Å². The minimum atomic E-state index is -1.21. The van der Waals surface area contributed by atoms with Crippen LogP contribution in [0.5, 0.6) is 0 Å². The summed E-state index contributed by atoms with van der Waals surface area (Å²) in [5.41, 5.74) is 0.161. The van der Waals surface area contributed by atoms with Crippen LogP contribution in [0.3, 0.4) is 0 Å². The van der Waals surface area contributed by atoms with Gasteiger partial charge in [0, 0.05) is 0 Å². The number of carbonyl (C=O) groups is 3. The van der Waals surface area contributed by atoms with Crippen molar-refractivity contribution in [1.82, 2.24) is 0 Å². The fourth-order valence-corrected chi connectivity index (χ4v) is 0.973. The smallest absolute Gasteiger partial charge is 0.304 e. The number of rotatable bonds is 5. The van der Waals surface area contributed by atoms with Gasteiger partial charge in [0.05, 0.1) is 6.42 Å². The molecular formula is C8H10O4S. The van der Waals surface area contributed by atoms with E-state index in [9.17, 15) is 14.4 Å². The Labute approximate surface area is 81.0 Å². The highest BCUT2D eigenvalue weighted by atomic mass is 32.1. The molecule has 0 aromatic heterocycles. The molecule has 1 unspecified atom stereocenters. The topological polar surface area (TPSA) is 71.4 Å². The van der Waals surface area contributed by atoms with E-state index in [1.54, 1.807) is 0 Å². The van der Waals surface area contributed by atoms with Gasteiger partial charge in [0.1, 0.15) is 5.92 Å². The van der Waals surface area contributed by atoms with Crippen LogP contribution in [0, 0.1) is 5.92 Å². The Kier molecular flexibility index (Phi) is 4.40. The van der Waals surface area contributed by atoms with Crippen LogP contribution < -0.4 is 0 Å². The zero-order valence-corrected chi connectivity index (χ0v) is 8.01. The Bertz CT molecular complexity index is 269. The van der Waals surface area contributed by atoms with Gasteiger partial charge in [-0.15, -0.1) is 12.6 Å². The summed E-state index contributed by atoms with van der Waals surface area (Å²) in [4.78, 5) is 32.2. The molecule has 0 saturated heterocycles. The number of carboxylic acids is 1. The highest BCUT2D eigenvalue weighted by Crippen LogP contribution is 2.13. The van der Waals surface area contributed by atoms with Crippen molar-refractivity contribution in [1.29, 1.82) is 0 Å². The number of carbonyl (C=O) groups excluding carboxylic acids is 2. The molecule has 4 nitrogen and oxygen atoms in total. The minimum Gasteiger partial charge on any atom is -0.481 e. The molecule has 1 N–H and O–H groups in total. The van der Waals surface area contributed by atoms with Gasteiger partial charge in [0.25, 0.3) is 0 Å². The molecule has 0 radical (unpaired) electrons. The molecule has 0 bridgehead atoms. The number of ketones is 1. The number of Topliss-reactive ketones (excluding diaryl/α,β-unsaturated/α-hetero) is 1. The third-order valence-corrected chi connectivity index (χ3v) is 1.73. The summed E-state index contributed by atoms with van der Waals surface area (Å²) in [7, 11) is 0. The molecule has 0 saturated carbocycles. The molecule has 0 aliphatic heterocycles. The average Bonchev–Trinajstić information content (AvgIpc) is 1.97. The summed E-state index contributed by atoms with van der Waals surface area (Å²) >= 11 is 3.44. The lowest BCUT2D eigenvalue weighted by atomic mass is 9.97. The predicted octanol–water partition coefficient (Wildman–Crippen LogP) is 0.679. The molecule has 0 aliphatic rings. The van der Waals surface area contributed by atoms with Crippen molar-refractivity contribution >= 4 is 29.5 Å². The lowest BCUT2D eigenvalue weighted by Crippen LogP contribution is -2.24. The van der Waals surface area contributed by atoms with Crippen LogP contribution in [0.2, 0.25) is 0 Å². The molecule has 0 heterocycles. The lowest BCUT2D eigenvalue weighted by Gasteiger charge is -2.08. The second-order valence-electron chi connectivity index (χ2n) is 2.63. The van der Waals surface area contributed by atoms with Crippen LogP contribution in [-0.2, 0) is 14.4 Å². The van der Waals surface area contributed by atoms with Gasteiger partial charge < -0.3 is 5.11 Å². The van der Waals surface area contributed by atoms with Crippen LogP contribution in [-0.4, -0.2) is 22.0 Å². The molecule has 0 spiro atoms. The number of allylic oxidation sites excluding steroid dienone is 1. The monoisotopic (exact) mass is 202 g/mol. The molecule has 0 fully saturated rings. The van der Waals surface area contributed by atoms with Crippen molar-refractivity contribution in [3.63, 3.8) is 0 Å². The Morgan fingerprint density at radius 3 is 2.15 bits per heavy atom. The molecule has 72 valence electrons. The lowest BCUT2D eigenvalue weighted by molar-refractivity contribution is -0.142. The summed E-state index contributed by atoms with van der Waals surface area (Å²) in [6.07, 6.45) is -0.534. The van der Waals surface area contributed by atoms with E-state index >= 15 is 0 Å². The van der Waals surface area contributed by atoms with E-state index in [4.69, 9.17) is 5.11 Å². The largest absolute Gasteiger partial charge is 0.481 e. The van der Waals surface area contributed by atoms with Gasteiger partial charge >= 0.3 is 5.97 Å². The number of aliphatic carboxylic acids is 1. The molecule has 1 atom stereocenters. The van der Waals surface area contributed by atoms with Crippen molar-refractivity contribution in [2.75, 3.05) is 0 Å². The van der Waals surface area contributed by atoms with E-state index in [0.29, 0.717) is 0 Å². The van der Waals surface area contributed by atoms with Crippen molar-refractivity contribution in [3.05, 3.63) is 12.2 Å². The predicted molar refractivity (Wildman–Crippen MR) is 49.6 cm³/mol. The third kappa shape index (κ3) is 3.89. The first-order chi connectivity index (χ1) is 5.86. The van der Waals surface area contributed by atoms with E-state index in [0.717, 1.165) is 0 Å². The molecule has 13 heavy (non-hydrogen) atoms. The van der Waals surface area contributed by atoms with Crippen LogP contribution in [0.15, 0.2) is 12.2 Å². The van der Waals surface area contributed by atoms with Gasteiger partial charge in [-0.2, -0.15) is 0 Å². The Morgan fingerprint density at radius 2 is 1.92 bits per heavy atom. The quantitative estimate of drug-likeness (QED) is 0.390. The van der Waals surface area contributed by atoms with E-state index in [-0.39, 0.29) is 5.57 Å². The summed E-state index contributed by atoms with van der Waals surface area (Å²) < 4.78 is 0. The first-order valence-electron chi connectivity index (χ1n) is 3.50. The Hall–Kier alpha value is -1.10. The standard InChI is InChI=1S/C8H10O4S/c1-4(2)7(11)5(8(12)13)3-6(9)10/h5H,1,3H2,2H3,(H,9,10)(H,12,13). The Balaban J connectivity index is 4.61. The fraction of sp³-hybridized carbons (Fsp3) is 0.375. The fourth-order valence-electron chi connectivity index (χ4n) is 0.764. The molecule has 0 amide bonds. The molecule has 0 aromatic carbocycles. The number of thiol groups is 1. The molecule has 5 heteroatoms. The third-order valence-electron chi connectivity index (χ3n) is 1.41. The first-order valence-corrected chi connectivity index (χ1v) is 3.95. The van der Waals surface area contributed by atoms with Crippen LogP contribution >= 0.6 is 12.6 Å². The van der Waals surface area contributed by atoms with E-state index in [1.165, 1.54) is 6.92 Å². The van der Waals surface area contributed by atoms with Gasteiger partial charge in [-0.05, 0) is 12.5 Å². The maximum atomic E-state index is 11.2. The van der Waals surface area contributed by atoms with E-state index in [2.05, 4.69) is 19.2 Å². The van der Waals surface area contributed by atoms with Crippen molar-refractivity contribution < 1.29 is 19.5 Å². The number of carboxylic acid groups (broad SMARTS) is 1. The van der Waals surface area contributed by atoms with Gasteiger partial charge in [-0.3, -0.25) is 14.4 Å². The van der Waals surface area contributed by atoms with Crippen LogP contribution in [0.25, 0.3) is 0 Å². The highest BCUT2D eigenvalue weighted by Gasteiger charge is 2.26. The van der Waals surface area contributed by atoms with Gasteiger partial charge in [0.2, 0.25) is 0 Å². The zero-order chi connectivity index (χ0) is 10.6. The van der Waals surface area contributed by atoms with Crippen molar-refractivity contribution in [3.8, 4) is 0 Å². The molecule has 0 aliphatic carbocycles. The average molecular weight is 202 g/mol. The summed E-state index contributed by atoms with van der Waals surface area (Å²) in [6, 6.07) is 0. The molecular weight excluding hydrogens is 192 g/mol. The summed E-state index contributed by atoms with van der Waals surface area (Å²) in [6.45, 7) is 4.76. The van der Waals surface area contributed by atoms with E-state index in [1.807, 2.05) is 0 Å². The molecule has 0 rings (SSSR count). The highest BCUT2D eigenvalue weighted by molar-refractivity contribution is 7.96. The number of hydrogen-bond acceptors (Lipinski definition) is 3. The second-order valence-corrected chi connectivity index (χ2v) is 3.07.